The van der Waals surface area contributed by atoms with Crippen molar-refractivity contribution in [3.8, 4) is 11.1 Å². The molecule has 0 bridgehead atoms. The molecule has 0 unspecified atom stereocenters. The molecule has 0 heterocycles. The summed E-state index contributed by atoms with van der Waals surface area (Å²) in [5.41, 5.74) is 2.14. The van der Waals surface area contributed by atoms with Gasteiger partial charge in [-0.25, -0.2) is 6.14 Å². The lowest BCUT2D eigenvalue weighted by atomic mass is 10.1. The minimum Gasteiger partial charge on any atom is -0.230 e. The molecule has 0 saturated heterocycles. The van der Waals surface area contributed by atoms with Gasteiger partial charge >= 0.3 is 19.8 Å². The largest absolute Gasteiger partial charge is 0.340 e. The predicted octanol–water partition coefficient (Wildman–Crippen LogP) is 3.72. The molecular formula is C12H9IO2. The van der Waals surface area contributed by atoms with Crippen LogP contribution in [0.5, 0.6) is 0 Å². The molecule has 2 aromatic rings. The number of hydrogen-bond acceptors (Lipinski definition) is 2. The van der Waals surface area contributed by atoms with Gasteiger partial charge in [0.1, 0.15) is 0 Å². The van der Waals surface area contributed by atoms with Crippen LogP contribution in [0.4, 0.5) is 0 Å². The van der Waals surface area contributed by atoms with Gasteiger partial charge < -0.3 is 0 Å². The van der Waals surface area contributed by atoms with Gasteiger partial charge in [0, 0.05) is 0 Å². The first-order chi connectivity index (χ1) is 7.27. The van der Waals surface area contributed by atoms with Crippen molar-refractivity contribution in [3.63, 3.8) is 0 Å². The predicted molar refractivity (Wildman–Crippen MR) is 66.0 cm³/mol. The van der Waals surface area contributed by atoms with Gasteiger partial charge in [0.2, 0.25) is 0 Å². The van der Waals surface area contributed by atoms with Crippen molar-refractivity contribution >= 4 is 19.8 Å². The van der Waals surface area contributed by atoms with E-state index in [0.717, 1.165) is 11.1 Å². The van der Waals surface area contributed by atoms with E-state index >= 15 is 0 Å². The van der Waals surface area contributed by atoms with Crippen molar-refractivity contribution in [2.45, 2.75) is 0 Å². The quantitative estimate of drug-likeness (QED) is 0.792. The third-order valence-electron chi connectivity index (χ3n) is 2.13. The van der Waals surface area contributed by atoms with Crippen molar-refractivity contribution in [2.75, 3.05) is 0 Å². The molecule has 0 aliphatic rings. The van der Waals surface area contributed by atoms with Crippen LogP contribution in [0.1, 0.15) is 0 Å². The van der Waals surface area contributed by atoms with Gasteiger partial charge in [0.05, 0.1) is 3.57 Å². The van der Waals surface area contributed by atoms with Gasteiger partial charge in [-0.05, 0) is 23.3 Å². The minimum absolute atomic E-state index is 0.443. The summed E-state index contributed by atoms with van der Waals surface area (Å²) in [6.07, 6.45) is 0. The number of hydrogen-bond donors (Lipinski definition) is 0. The zero-order valence-electron chi connectivity index (χ0n) is 7.89. The molecule has 2 rings (SSSR count). The second kappa shape index (κ2) is 4.53. The monoisotopic (exact) mass is 312 g/mol. The van der Waals surface area contributed by atoms with E-state index in [1.54, 1.807) is 12.1 Å². The molecule has 0 fully saturated rings. The van der Waals surface area contributed by atoms with Crippen LogP contribution in [-0.4, -0.2) is 0 Å². The topological polar surface area (TPSA) is 34.1 Å². The maximum atomic E-state index is 10.8. The fourth-order valence-corrected chi connectivity index (χ4v) is 2.32. The number of halogens is 1. The summed E-state index contributed by atoms with van der Waals surface area (Å²) in [5.74, 6) is 0. The van der Waals surface area contributed by atoms with Crippen molar-refractivity contribution in [1.29, 1.82) is 0 Å². The van der Waals surface area contributed by atoms with E-state index in [1.165, 1.54) is 0 Å². The first-order valence-electron chi connectivity index (χ1n) is 4.48. The van der Waals surface area contributed by atoms with Gasteiger partial charge in [-0.3, -0.25) is 0 Å². The first kappa shape index (κ1) is 10.3. The lowest BCUT2D eigenvalue weighted by Gasteiger charge is -2.00. The van der Waals surface area contributed by atoms with Crippen molar-refractivity contribution in [1.82, 2.24) is 0 Å². The zero-order chi connectivity index (χ0) is 10.7. The normalized spacial score (nSPS) is 10.5. The SMILES string of the molecule is O=I(=O)c1ccc(-c2ccccc2)cc1. The summed E-state index contributed by atoms with van der Waals surface area (Å²) < 4.78 is 22.0. The highest BCUT2D eigenvalue weighted by Crippen LogP contribution is 2.23. The Labute approximate surface area is 95.1 Å². The molecule has 0 radical (unpaired) electrons. The smallest absolute Gasteiger partial charge is 0.230 e. The van der Waals surface area contributed by atoms with Crippen LogP contribution in [0.25, 0.3) is 11.1 Å². The highest BCUT2D eigenvalue weighted by molar-refractivity contribution is 14.2. The molecule has 76 valence electrons. The van der Waals surface area contributed by atoms with Gasteiger partial charge in [0.25, 0.3) is 0 Å². The first-order valence-corrected chi connectivity index (χ1v) is 7.32. The van der Waals surface area contributed by atoms with Crippen LogP contribution in [0.3, 0.4) is 0 Å². The molecule has 0 N–H and O–H groups in total. The van der Waals surface area contributed by atoms with Crippen molar-refractivity contribution in [2.24, 2.45) is 0 Å². The van der Waals surface area contributed by atoms with E-state index in [1.807, 2.05) is 42.5 Å². The highest BCUT2D eigenvalue weighted by Gasteiger charge is 1.99. The van der Waals surface area contributed by atoms with Crippen LogP contribution in [0.15, 0.2) is 54.6 Å². The molecule has 0 amide bonds. The Kier molecular flexibility index (Phi) is 3.11. The summed E-state index contributed by atoms with van der Waals surface area (Å²) in [6.45, 7) is 0. The molecule has 0 saturated carbocycles. The van der Waals surface area contributed by atoms with E-state index in [9.17, 15) is 6.14 Å². The van der Waals surface area contributed by atoms with Crippen LogP contribution in [-0.2, 0) is 6.14 Å². The molecule has 0 atom stereocenters. The Morgan fingerprint density at radius 3 is 1.73 bits per heavy atom. The maximum absolute atomic E-state index is 10.8. The fourth-order valence-electron chi connectivity index (χ4n) is 1.38. The Morgan fingerprint density at radius 2 is 1.20 bits per heavy atom. The molecule has 2 nitrogen and oxygen atoms in total. The molecule has 0 spiro atoms. The Morgan fingerprint density at radius 1 is 0.667 bits per heavy atom. The fraction of sp³-hybridized carbons (Fsp3) is 0. The number of benzene rings is 2. The lowest BCUT2D eigenvalue weighted by Crippen LogP contribution is -1.77. The molecule has 0 aliphatic heterocycles. The Bertz CT molecular complexity index is 505. The third kappa shape index (κ3) is 2.41. The maximum Gasteiger partial charge on any atom is 0.340 e. The summed E-state index contributed by atoms with van der Waals surface area (Å²) in [6, 6.07) is 16.9. The van der Waals surface area contributed by atoms with Gasteiger partial charge in [0.15, 0.2) is 0 Å². The van der Waals surface area contributed by atoms with Crippen LogP contribution in [0.2, 0.25) is 0 Å². The van der Waals surface area contributed by atoms with Gasteiger partial charge in [-0.15, -0.1) is 0 Å². The van der Waals surface area contributed by atoms with Crippen LogP contribution < -0.4 is 0 Å². The average molecular weight is 312 g/mol. The van der Waals surface area contributed by atoms with Crippen LogP contribution in [0, 0.1) is 3.57 Å². The molecule has 0 aliphatic carbocycles. The molecule has 0 aromatic heterocycles. The number of rotatable bonds is 2. The molecule has 2 aromatic carbocycles. The van der Waals surface area contributed by atoms with E-state index < -0.39 is 19.8 Å². The molecular weight excluding hydrogens is 303 g/mol. The van der Waals surface area contributed by atoms with E-state index in [-0.39, 0.29) is 0 Å². The highest BCUT2D eigenvalue weighted by atomic mass is 127. The van der Waals surface area contributed by atoms with Crippen molar-refractivity contribution in [3.05, 3.63) is 58.2 Å². The molecule has 3 heteroatoms. The van der Waals surface area contributed by atoms with Crippen molar-refractivity contribution < 1.29 is 6.14 Å². The summed E-state index contributed by atoms with van der Waals surface area (Å²) in [5, 5.41) is 0. The van der Waals surface area contributed by atoms with Gasteiger partial charge in [-0.1, -0.05) is 42.5 Å². The van der Waals surface area contributed by atoms with Crippen LogP contribution >= 0.6 is 19.8 Å². The third-order valence-corrected chi connectivity index (χ3v) is 3.87. The Hall–Kier alpha value is -1.23. The van der Waals surface area contributed by atoms with E-state index in [0.29, 0.717) is 3.57 Å². The van der Waals surface area contributed by atoms with E-state index in [2.05, 4.69) is 0 Å². The second-order valence-corrected chi connectivity index (χ2v) is 5.58. The Balaban J connectivity index is 2.40. The second-order valence-electron chi connectivity index (χ2n) is 3.09. The summed E-state index contributed by atoms with van der Waals surface area (Å²) in [4.78, 5) is 0. The summed E-state index contributed by atoms with van der Waals surface area (Å²) >= 11 is -3.30. The summed E-state index contributed by atoms with van der Waals surface area (Å²) in [7, 11) is 0. The lowest BCUT2D eigenvalue weighted by molar-refractivity contribution is 0.610. The minimum atomic E-state index is -3.30. The zero-order valence-corrected chi connectivity index (χ0v) is 10.0. The average Bonchev–Trinajstić information content (AvgIpc) is 2.30. The standard InChI is InChI=1S/C12H9IO2/c14-13(15)12-8-6-11(7-9-12)10-4-2-1-3-5-10/h1-9H. The molecule has 15 heavy (non-hydrogen) atoms. The van der Waals surface area contributed by atoms with E-state index in [4.69, 9.17) is 0 Å². The van der Waals surface area contributed by atoms with Gasteiger partial charge in [-0.2, -0.15) is 0 Å².